The maximum Gasteiger partial charge on any atom is 0.168 e. The molecule has 0 N–H and O–H groups in total. The Morgan fingerprint density at radius 1 is 1.25 bits per heavy atom. The van der Waals surface area contributed by atoms with E-state index >= 15 is 0 Å². The Kier molecular flexibility index (Phi) is 1.91. The maximum absolute atomic E-state index is 5.03. The minimum Gasteiger partial charge on any atom is -0.355 e. The molecule has 0 bridgehead atoms. The molecule has 12 heavy (non-hydrogen) atoms. The van der Waals surface area contributed by atoms with Crippen molar-refractivity contribution in [2.24, 2.45) is 0 Å². The molecule has 2 heterocycles. The van der Waals surface area contributed by atoms with Crippen LogP contribution in [0.1, 0.15) is 0 Å². The summed E-state index contributed by atoms with van der Waals surface area (Å²) in [5, 5.41) is 3.71. The van der Waals surface area contributed by atoms with Gasteiger partial charge in [-0.15, -0.1) is 0 Å². The number of halogens is 1. The maximum atomic E-state index is 5.03. The lowest BCUT2D eigenvalue weighted by Gasteiger charge is -1.90. The molecule has 0 aliphatic rings. The molecule has 0 aliphatic heterocycles. The molecule has 0 amide bonds. The van der Waals surface area contributed by atoms with Crippen LogP contribution in [0.4, 0.5) is 0 Å². The van der Waals surface area contributed by atoms with Gasteiger partial charge in [-0.25, -0.2) is 0 Å². The second-order valence-corrected chi connectivity index (χ2v) is 3.06. The van der Waals surface area contributed by atoms with E-state index in [1.807, 2.05) is 18.2 Å². The van der Waals surface area contributed by atoms with Gasteiger partial charge >= 0.3 is 0 Å². The van der Waals surface area contributed by atoms with Crippen LogP contribution in [0, 0.1) is 0 Å². The lowest BCUT2D eigenvalue weighted by Crippen LogP contribution is -1.73. The Morgan fingerprint density at radius 2 is 2.00 bits per heavy atom. The Bertz CT molecular complexity index is 372. The van der Waals surface area contributed by atoms with E-state index in [1.54, 1.807) is 12.4 Å². The summed E-state index contributed by atoms with van der Waals surface area (Å²) in [6.45, 7) is 0. The van der Waals surface area contributed by atoms with E-state index in [4.69, 9.17) is 4.52 Å². The second-order valence-electron chi connectivity index (χ2n) is 2.25. The number of hydrogen-bond acceptors (Lipinski definition) is 3. The van der Waals surface area contributed by atoms with Gasteiger partial charge in [0.2, 0.25) is 0 Å². The quantitative estimate of drug-likeness (QED) is 0.748. The normalized spacial score (nSPS) is 10.1. The lowest BCUT2D eigenvalue weighted by atomic mass is 10.2. The van der Waals surface area contributed by atoms with Gasteiger partial charge in [-0.05, 0) is 28.1 Å². The third kappa shape index (κ3) is 1.38. The second kappa shape index (κ2) is 3.06. The molecule has 2 aromatic rings. The fraction of sp³-hybridized carbons (Fsp3) is 0. The molecule has 0 aliphatic carbocycles. The highest BCUT2D eigenvalue weighted by molar-refractivity contribution is 9.10. The standard InChI is InChI=1S/C8H5BrN2O/c9-8-5-7(12-11-8)6-1-3-10-4-2-6/h1-5H. The van der Waals surface area contributed by atoms with E-state index in [0.717, 1.165) is 11.3 Å². The Morgan fingerprint density at radius 3 is 2.58 bits per heavy atom. The molecule has 0 spiro atoms. The van der Waals surface area contributed by atoms with E-state index in [0.29, 0.717) is 4.60 Å². The van der Waals surface area contributed by atoms with E-state index in [1.165, 1.54) is 0 Å². The SMILES string of the molecule is Brc1cc(-c2ccncc2)on1. The fourth-order valence-electron chi connectivity index (χ4n) is 0.906. The van der Waals surface area contributed by atoms with Crippen LogP contribution in [0.2, 0.25) is 0 Å². The van der Waals surface area contributed by atoms with E-state index < -0.39 is 0 Å². The van der Waals surface area contributed by atoms with Crippen LogP contribution in [-0.2, 0) is 0 Å². The van der Waals surface area contributed by atoms with Crippen molar-refractivity contribution in [1.29, 1.82) is 0 Å². The lowest BCUT2D eigenvalue weighted by molar-refractivity contribution is 0.428. The highest BCUT2D eigenvalue weighted by Gasteiger charge is 2.02. The average molecular weight is 225 g/mol. The van der Waals surface area contributed by atoms with Gasteiger partial charge in [0.05, 0.1) is 0 Å². The van der Waals surface area contributed by atoms with Crippen LogP contribution in [-0.4, -0.2) is 10.1 Å². The summed E-state index contributed by atoms with van der Waals surface area (Å²) in [5.41, 5.74) is 0.975. The molecule has 60 valence electrons. The molecule has 0 atom stereocenters. The van der Waals surface area contributed by atoms with Crippen molar-refractivity contribution in [3.05, 3.63) is 35.2 Å². The van der Waals surface area contributed by atoms with Crippen molar-refractivity contribution in [3.63, 3.8) is 0 Å². The molecule has 0 unspecified atom stereocenters. The van der Waals surface area contributed by atoms with Crippen LogP contribution >= 0.6 is 15.9 Å². The van der Waals surface area contributed by atoms with Crippen molar-refractivity contribution < 1.29 is 4.52 Å². The Hall–Kier alpha value is -1.16. The largest absolute Gasteiger partial charge is 0.355 e. The summed E-state index contributed by atoms with van der Waals surface area (Å²) in [7, 11) is 0. The number of hydrogen-bond donors (Lipinski definition) is 0. The third-order valence-electron chi connectivity index (χ3n) is 1.45. The molecular formula is C8H5BrN2O. The van der Waals surface area contributed by atoms with Gasteiger partial charge < -0.3 is 4.52 Å². The number of rotatable bonds is 1. The van der Waals surface area contributed by atoms with E-state index in [-0.39, 0.29) is 0 Å². The molecule has 0 radical (unpaired) electrons. The highest BCUT2D eigenvalue weighted by atomic mass is 79.9. The fourth-order valence-corrected chi connectivity index (χ4v) is 1.19. The zero-order chi connectivity index (χ0) is 8.39. The molecule has 3 nitrogen and oxygen atoms in total. The molecular weight excluding hydrogens is 220 g/mol. The summed E-state index contributed by atoms with van der Waals surface area (Å²) in [5.74, 6) is 0.740. The predicted octanol–water partition coefficient (Wildman–Crippen LogP) is 2.50. The molecule has 2 rings (SSSR count). The first kappa shape index (κ1) is 7.49. The minimum atomic E-state index is 0.703. The predicted molar refractivity (Wildman–Crippen MR) is 47.4 cm³/mol. The summed E-state index contributed by atoms with van der Waals surface area (Å²) in [6, 6.07) is 5.55. The first-order valence-corrected chi connectivity index (χ1v) is 4.18. The van der Waals surface area contributed by atoms with Crippen molar-refractivity contribution >= 4 is 15.9 Å². The Balaban J connectivity index is 2.45. The number of nitrogens with zero attached hydrogens (tertiary/aromatic N) is 2. The summed E-state index contributed by atoms with van der Waals surface area (Å²) >= 11 is 3.21. The van der Waals surface area contributed by atoms with E-state index in [9.17, 15) is 0 Å². The Labute approximate surface area is 77.5 Å². The molecule has 0 fully saturated rings. The van der Waals surface area contributed by atoms with Crippen molar-refractivity contribution in [3.8, 4) is 11.3 Å². The zero-order valence-electron chi connectivity index (χ0n) is 6.07. The highest BCUT2D eigenvalue weighted by Crippen LogP contribution is 2.21. The number of aromatic nitrogens is 2. The molecule has 2 aromatic heterocycles. The minimum absolute atomic E-state index is 0.703. The van der Waals surface area contributed by atoms with Crippen LogP contribution in [0.5, 0.6) is 0 Å². The van der Waals surface area contributed by atoms with Gasteiger partial charge in [0.15, 0.2) is 5.76 Å². The first-order valence-electron chi connectivity index (χ1n) is 3.39. The van der Waals surface area contributed by atoms with Gasteiger partial charge in [-0.3, -0.25) is 4.98 Å². The van der Waals surface area contributed by atoms with Crippen molar-refractivity contribution in [2.75, 3.05) is 0 Å². The molecule has 0 saturated heterocycles. The monoisotopic (exact) mass is 224 g/mol. The topological polar surface area (TPSA) is 38.9 Å². The van der Waals surface area contributed by atoms with Gasteiger partial charge in [-0.1, -0.05) is 5.16 Å². The summed E-state index contributed by atoms with van der Waals surface area (Å²) in [4.78, 5) is 3.90. The zero-order valence-corrected chi connectivity index (χ0v) is 7.65. The molecule has 4 heteroatoms. The van der Waals surface area contributed by atoms with Crippen LogP contribution < -0.4 is 0 Å². The van der Waals surface area contributed by atoms with Crippen molar-refractivity contribution in [2.45, 2.75) is 0 Å². The van der Waals surface area contributed by atoms with Gasteiger partial charge in [0, 0.05) is 24.0 Å². The van der Waals surface area contributed by atoms with Crippen LogP contribution in [0.15, 0.2) is 39.7 Å². The average Bonchev–Trinajstić information content (AvgIpc) is 2.54. The van der Waals surface area contributed by atoms with Crippen LogP contribution in [0.3, 0.4) is 0 Å². The molecule has 0 aromatic carbocycles. The van der Waals surface area contributed by atoms with Gasteiger partial charge in [0.1, 0.15) is 4.60 Å². The molecule has 0 saturated carbocycles. The van der Waals surface area contributed by atoms with Gasteiger partial charge in [-0.2, -0.15) is 0 Å². The smallest absolute Gasteiger partial charge is 0.168 e. The van der Waals surface area contributed by atoms with Crippen LogP contribution in [0.25, 0.3) is 11.3 Å². The van der Waals surface area contributed by atoms with E-state index in [2.05, 4.69) is 26.1 Å². The van der Waals surface area contributed by atoms with Crippen molar-refractivity contribution in [1.82, 2.24) is 10.1 Å². The number of pyridine rings is 1. The van der Waals surface area contributed by atoms with Gasteiger partial charge in [0.25, 0.3) is 0 Å². The first-order chi connectivity index (χ1) is 5.86. The summed E-state index contributed by atoms with van der Waals surface area (Å²) < 4.78 is 5.73. The summed E-state index contributed by atoms with van der Waals surface area (Å²) in [6.07, 6.45) is 3.43. The third-order valence-corrected chi connectivity index (χ3v) is 1.82.